The van der Waals surface area contributed by atoms with Crippen molar-refractivity contribution in [2.75, 3.05) is 21.3 Å². The normalized spacial score (nSPS) is 10.7. The maximum atomic E-state index is 5.94. The van der Waals surface area contributed by atoms with Crippen LogP contribution >= 0.6 is 0 Å². The largest absolute Gasteiger partial charge is 0.929 e. The van der Waals surface area contributed by atoms with Crippen molar-refractivity contribution in [2.24, 2.45) is 0 Å². The SMILES string of the molecule is COc1ccc(-c2ccn(OB(On3ccc(-c4ccc(OC)cc4)n3)On3ccc(-c4ccc(OC)cc4)n3)n2)cc1. The molecule has 0 saturated carbocycles. The molecule has 0 aliphatic carbocycles. The molecule has 0 amide bonds. The predicted octanol–water partition coefficient (Wildman–Crippen LogP) is 3.97. The first-order valence-electron chi connectivity index (χ1n) is 13.2. The van der Waals surface area contributed by atoms with Gasteiger partial charge in [0.05, 0.1) is 57.0 Å². The Labute approximate surface area is 247 Å². The van der Waals surface area contributed by atoms with Gasteiger partial charge < -0.3 is 28.5 Å². The molecular weight excluding hydrogens is 551 g/mol. The highest BCUT2D eigenvalue weighted by atomic mass is 16.9. The molecule has 3 heterocycles. The van der Waals surface area contributed by atoms with Crippen molar-refractivity contribution < 1.29 is 28.5 Å². The van der Waals surface area contributed by atoms with Crippen molar-refractivity contribution in [3.8, 4) is 51.0 Å². The second-order valence-corrected chi connectivity index (χ2v) is 9.10. The lowest BCUT2D eigenvalue weighted by Crippen LogP contribution is -2.49. The molecule has 0 bridgehead atoms. The van der Waals surface area contributed by atoms with Gasteiger partial charge in [-0.25, -0.2) is 0 Å². The van der Waals surface area contributed by atoms with Crippen molar-refractivity contribution in [1.29, 1.82) is 0 Å². The van der Waals surface area contributed by atoms with Crippen LogP contribution in [0.3, 0.4) is 0 Å². The zero-order chi connectivity index (χ0) is 29.6. The van der Waals surface area contributed by atoms with E-state index in [1.165, 1.54) is 14.5 Å². The number of nitrogens with zero attached hydrogens (tertiary/aromatic N) is 6. The highest BCUT2D eigenvalue weighted by molar-refractivity contribution is 6.37. The maximum absolute atomic E-state index is 5.94. The first kappa shape index (κ1) is 27.3. The summed E-state index contributed by atoms with van der Waals surface area (Å²) in [5.74, 6) is 2.26. The molecule has 0 radical (unpaired) electrons. The van der Waals surface area contributed by atoms with Crippen molar-refractivity contribution in [3.63, 3.8) is 0 Å². The van der Waals surface area contributed by atoms with Gasteiger partial charge in [-0.05, 0) is 91.0 Å². The molecule has 0 atom stereocenters. The number of ether oxygens (including phenoxy) is 3. The molecule has 0 saturated heterocycles. The second kappa shape index (κ2) is 12.3. The number of methoxy groups -OCH3 is 3. The van der Waals surface area contributed by atoms with Gasteiger partial charge in [-0.2, -0.15) is 0 Å². The van der Waals surface area contributed by atoms with Gasteiger partial charge in [0.15, 0.2) is 0 Å². The van der Waals surface area contributed by atoms with E-state index in [2.05, 4.69) is 15.3 Å². The fourth-order valence-electron chi connectivity index (χ4n) is 4.17. The van der Waals surface area contributed by atoms with Crippen LogP contribution in [0, 0.1) is 0 Å². The molecule has 13 heteroatoms. The molecule has 3 aromatic carbocycles. The Morgan fingerprint density at radius 3 is 0.953 bits per heavy atom. The van der Waals surface area contributed by atoms with E-state index in [1.807, 2.05) is 91.0 Å². The molecule has 0 N–H and O–H groups in total. The van der Waals surface area contributed by atoms with Crippen LogP contribution in [0.25, 0.3) is 33.8 Å². The summed E-state index contributed by atoms with van der Waals surface area (Å²) in [4.78, 5) is 3.77. The topological polar surface area (TPSA) is 109 Å². The fraction of sp³-hybridized carbons (Fsp3) is 0.100. The third-order valence-electron chi connectivity index (χ3n) is 6.44. The van der Waals surface area contributed by atoms with Crippen LogP contribution in [0.15, 0.2) is 110 Å². The zero-order valence-corrected chi connectivity index (χ0v) is 23.6. The molecule has 0 fully saturated rings. The van der Waals surface area contributed by atoms with Crippen LogP contribution in [0.5, 0.6) is 17.2 Å². The third kappa shape index (κ3) is 6.40. The molecule has 6 rings (SSSR count). The molecule has 6 aromatic rings. The molecular formula is C30H27BN6O6. The fourth-order valence-corrected chi connectivity index (χ4v) is 4.17. The van der Waals surface area contributed by atoms with E-state index >= 15 is 0 Å². The summed E-state index contributed by atoms with van der Waals surface area (Å²) >= 11 is 0. The van der Waals surface area contributed by atoms with Crippen LogP contribution in [0.1, 0.15) is 0 Å². The van der Waals surface area contributed by atoms with Crippen LogP contribution in [-0.4, -0.2) is 58.5 Å². The minimum absolute atomic E-state index is 0.683. The van der Waals surface area contributed by atoms with E-state index in [-0.39, 0.29) is 0 Å². The number of aromatic nitrogens is 6. The van der Waals surface area contributed by atoms with Gasteiger partial charge >= 0.3 is 7.32 Å². The van der Waals surface area contributed by atoms with Gasteiger partial charge in [-0.15, -0.1) is 29.8 Å². The molecule has 43 heavy (non-hydrogen) atoms. The Hall–Kier alpha value is -5.85. The van der Waals surface area contributed by atoms with Gasteiger partial charge in [0.1, 0.15) is 17.2 Å². The Kier molecular flexibility index (Phi) is 7.85. The van der Waals surface area contributed by atoms with Crippen LogP contribution in [-0.2, 0) is 0 Å². The average Bonchev–Trinajstić information content (AvgIpc) is 3.83. The van der Waals surface area contributed by atoms with E-state index in [1.54, 1.807) is 39.9 Å². The van der Waals surface area contributed by atoms with E-state index in [9.17, 15) is 0 Å². The van der Waals surface area contributed by atoms with E-state index < -0.39 is 7.32 Å². The molecule has 3 aromatic heterocycles. The third-order valence-corrected chi connectivity index (χ3v) is 6.44. The first-order chi connectivity index (χ1) is 21.1. The minimum Gasteiger partial charge on any atom is -0.497 e. The lowest BCUT2D eigenvalue weighted by Gasteiger charge is -2.14. The monoisotopic (exact) mass is 578 g/mol. The average molecular weight is 578 g/mol. The van der Waals surface area contributed by atoms with E-state index in [0.717, 1.165) is 33.9 Å². The number of rotatable bonds is 12. The Morgan fingerprint density at radius 1 is 0.419 bits per heavy atom. The molecule has 216 valence electrons. The number of hydrogen-bond donors (Lipinski definition) is 0. The highest BCUT2D eigenvalue weighted by Crippen LogP contribution is 2.22. The summed E-state index contributed by atoms with van der Waals surface area (Å²) in [6.07, 6.45) is 4.95. The van der Waals surface area contributed by atoms with Gasteiger partial charge in [-0.3, -0.25) is 0 Å². The summed E-state index contributed by atoms with van der Waals surface area (Å²) < 4.78 is 33.6. The zero-order valence-electron chi connectivity index (χ0n) is 23.6. The summed E-state index contributed by atoms with van der Waals surface area (Å²) in [5, 5.41) is 13.5. The molecule has 0 spiro atoms. The first-order valence-corrected chi connectivity index (χ1v) is 13.2. The number of benzene rings is 3. The van der Waals surface area contributed by atoms with Crippen LogP contribution in [0.4, 0.5) is 0 Å². The van der Waals surface area contributed by atoms with E-state index in [4.69, 9.17) is 28.5 Å². The van der Waals surface area contributed by atoms with Gasteiger partial charge in [0.25, 0.3) is 0 Å². The smallest absolute Gasteiger partial charge is 0.497 e. The highest BCUT2D eigenvalue weighted by Gasteiger charge is 2.35. The van der Waals surface area contributed by atoms with Gasteiger partial charge in [0, 0.05) is 16.7 Å². The summed E-state index contributed by atoms with van der Waals surface area (Å²) in [7, 11) is 3.53. The Bertz CT molecular complexity index is 1560. The minimum atomic E-state index is -1.34. The standard InChI is InChI=1S/C30H27BN6O6/c1-38-25-10-4-22(5-11-25)28-16-19-35(32-28)41-31(42-36-20-17-29(33-36)23-6-12-26(39-2)13-7-23)43-37-21-18-30(34-37)24-8-14-27(40-3)15-9-24/h4-21H,1-3H3. The van der Waals surface area contributed by atoms with Crippen molar-refractivity contribution >= 4 is 7.32 Å². The van der Waals surface area contributed by atoms with Crippen molar-refractivity contribution in [2.45, 2.75) is 0 Å². The lowest BCUT2D eigenvalue weighted by molar-refractivity contribution is 0.0406. The molecule has 0 unspecified atom stereocenters. The van der Waals surface area contributed by atoms with Crippen LogP contribution in [0.2, 0.25) is 0 Å². The summed E-state index contributed by atoms with van der Waals surface area (Å²) in [5.41, 5.74) is 4.70. The van der Waals surface area contributed by atoms with Crippen LogP contribution < -0.4 is 28.5 Å². The maximum Gasteiger partial charge on any atom is 0.929 e. The van der Waals surface area contributed by atoms with Crippen molar-refractivity contribution in [3.05, 3.63) is 110 Å². The molecule has 12 nitrogen and oxygen atoms in total. The summed E-state index contributed by atoms with van der Waals surface area (Å²) in [6, 6.07) is 28.0. The Balaban J connectivity index is 1.22. The van der Waals surface area contributed by atoms with Gasteiger partial charge in [-0.1, -0.05) is 0 Å². The lowest BCUT2D eigenvalue weighted by atomic mass is 10.1. The number of hydrogen-bond acceptors (Lipinski definition) is 9. The second-order valence-electron chi connectivity index (χ2n) is 9.10. The van der Waals surface area contributed by atoms with Crippen molar-refractivity contribution in [1.82, 2.24) is 29.8 Å². The quantitative estimate of drug-likeness (QED) is 0.199. The predicted molar refractivity (Wildman–Crippen MR) is 158 cm³/mol. The Morgan fingerprint density at radius 2 is 0.698 bits per heavy atom. The molecule has 0 aliphatic rings. The summed E-state index contributed by atoms with van der Waals surface area (Å²) in [6.45, 7) is 0. The van der Waals surface area contributed by atoms with E-state index in [0.29, 0.717) is 17.1 Å². The molecule has 0 aliphatic heterocycles. The van der Waals surface area contributed by atoms with Gasteiger partial charge in [0.2, 0.25) is 0 Å².